The van der Waals surface area contributed by atoms with Crippen molar-refractivity contribution in [2.45, 2.75) is 51.0 Å². The highest BCUT2D eigenvalue weighted by molar-refractivity contribution is 7.89. The zero-order valence-electron chi connectivity index (χ0n) is 15.6. The van der Waals surface area contributed by atoms with Crippen LogP contribution in [0.5, 0.6) is 0 Å². The number of hydrogen-bond donors (Lipinski definition) is 1. The maximum atomic E-state index is 12.5. The van der Waals surface area contributed by atoms with Crippen LogP contribution in [0.15, 0.2) is 36.8 Å². The average molecular weight is 394 g/mol. The molecule has 2 heterocycles. The van der Waals surface area contributed by atoms with Gasteiger partial charge in [0.25, 0.3) is 0 Å². The molecule has 0 saturated carbocycles. The van der Waals surface area contributed by atoms with Gasteiger partial charge in [0, 0.05) is 31.0 Å². The molecule has 1 aromatic carbocycles. The molecular weight excluding hydrogens is 372 g/mol. The lowest BCUT2D eigenvalue weighted by Crippen LogP contribution is -2.26. The Balaban J connectivity index is 1.72. The third-order valence-corrected chi connectivity index (χ3v) is 5.48. The van der Waals surface area contributed by atoms with Crippen molar-refractivity contribution in [1.82, 2.24) is 19.4 Å². The first kappa shape index (κ1) is 19.3. The maximum absolute atomic E-state index is 12.5. The van der Waals surface area contributed by atoms with Crippen molar-refractivity contribution in [1.29, 1.82) is 0 Å². The number of aromatic nitrogens is 3. The van der Waals surface area contributed by atoms with E-state index in [0.717, 1.165) is 0 Å². The van der Waals surface area contributed by atoms with Crippen LogP contribution >= 0.6 is 0 Å². The Morgan fingerprint density at radius 2 is 2.00 bits per heavy atom. The van der Waals surface area contributed by atoms with E-state index in [1.54, 1.807) is 6.07 Å². The Morgan fingerprint density at radius 3 is 2.63 bits per heavy atom. The molecule has 9 nitrogen and oxygen atoms in total. The van der Waals surface area contributed by atoms with Crippen LogP contribution in [0.2, 0.25) is 0 Å². The van der Waals surface area contributed by atoms with Gasteiger partial charge >= 0.3 is 5.76 Å². The molecule has 0 fully saturated rings. The molecule has 0 saturated heterocycles. The Bertz CT molecular complexity index is 1120. The van der Waals surface area contributed by atoms with Gasteiger partial charge in [-0.15, -0.1) is 0 Å². The number of nitrogens with one attached hydrogen (secondary N) is 1. The third kappa shape index (κ3) is 3.96. The Morgan fingerprint density at radius 1 is 1.26 bits per heavy atom. The molecule has 146 valence electrons. The van der Waals surface area contributed by atoms with Crippen LogP contribution in [0.3, 0.4) is 0 Å². The number of benzene rings is 1. The minimum atomic E-state index is -3.76. The van der Waals surface area contributed by atoms with Crippen LogP contribution in [0.4, 0.5) is 0 Å². The third-order valence-electron chi connectivity index (χ3n) is 4.02. The zero-order chi connectivity index (χ0) is 19.8. The summed E-state index contributed by atoms with van der Waals surface area (Å²) in [7, 11) is -3.76. The van der Waals surface area contributed by atoms with E-state index in [4.69, 9.17) is 8.94 Å². The molecular formula is C17H22N4O5S. The number of sulfonamides is 1. The monoisotopic (exact) mass is 394 g/mol. The molecule has 0 aliphatic carbocycles. The fraction of sp³-hybridized carbons (Fsp3) is 0.471. The highest BCUT2D eigenvalue weighted by Gasteiger charge is 2.22. The molecule has 3 rings (SSSR count). The van der Waals surface area contributed by atoms with Gasteiger partial charge in [0.15, 0.2) is 11.4 Å². The van der Waals surface area contributed by atoms with E-state index in [2.05, 4.69) is 14.9 Å². The number of fused-ring (bicyclic) bond motifs is 1. The molecule has 0 radical (unpaired) electrons. The lowest BCUT2D eigenvalue weighted by Gasteiger charge is -2.10. The summed E-state index contributed by atoms with van der Waals surface area (Å²) in [5.41, 5.74) is 0.527. The predicted molar refractivity (Wildman–Crippen MR) is 98.0 cm³/mol. The van der Waals surface area contributed by atoms with Gasteiger partial charge in [-0.3, -0.25) is 4.57 Å². The lowest BCUT2D eigenvalue weighted by atomic mass is 9.97. The number of hydrogen-bond acceptors (Lipinski definition) is 7. The molecule has 10 heteroatoms. The first-order valence-electron chi connectivity index (χ1n) is 8.58. The first-order valence-corrected chi connectivity index (χ1v) is 10.1. The molecule has 0 aliphatic rings. The topological polar surface area (TPSA) is 120 Å². The van der Waals surface area contributed by atoms with Gasteiger partial charge in [0.2, 0.25) is 15.9 Å². The Labute approximate surface area is 156 Å². The molecule has 0 aliphatic heterocycles. The number of rotatable bonds is 6. The van der Waals surface area contributed by atoms with Crippen LogP contribution in [0.25, 0.3) is 11.1 Å². The highest BCUT2D eigenvalue weighted by atomic mass is 32.2. The molecule has 0 bridgehead atoms. The van der Waals surface area contributed by atoms with E-state index in [1.165, 1.54) is 16.7 Å². The van der Waals surface area contributed by atoms with Gasteiger partial charge in [-0.1, -0.05) is 25.9 Å². The fourth-order valence-electron chi connectivity index (χ4n) is 2.55. The number of oxazole rings is 1. The quantitative estimate of drug-likeness (QED) is 0.677. The second kappa shape index (κ2) is 6.93. The van der Waals surface area contributed by atoms with E-state index < -0.39 is 15.8 Å². The maximum Gasteiger partial charge on any atom is 0.419 e. The summed E-state index contributed by atoms with van der Waals surface area (Å²) in [4.78, 5) is 16.0. The van der Waals surface area contributed by atoms with Crippen LogP contribution < -0.4 is 10.5 Å². The van der Waals surface area contributed by atoms with E-state index in [-0.39, 0.29) is 22.4 Å². The van der Waals surface area contributed by atoms with Crippen molar-refractivity contribution in [2.75, 3.05) is 6.54 Å². The van der Waals surface area contributed by atoms with E-state index >= 15 is 0 Å². The van der Waals surface area contributed by atoms with Crippen molar-refractivity contribution in [3.8, 4) is 0 Å². The lowest BCUT2D eigenvalue weighted by molar-refractivity contribution is 0.318. The molecule has 3 aromatic rings. The minimum absolute atomic E-state index is 0.0236. The van der Waals surface area contributed by atoms with Crippen LogP contribution in [-0.2, 0) is 28.4 Å². The second-order valence-electron chi connectivity index (χ2n) is 7.16. The number of aryl methyl sites for hydroxylation is 1. The smallest absolute Gasteiger partial charge is 0.408 e. The van der Waals surface area contributed by atoms with Crippen LogP contribution in [0.1, 0.15) is 39.4 Å². The van der Waals surface area contributed by atoms with Gasteiger partial charge in [-0.25, -0.2) is 17.9 Å². The van der Waals surface area contributed by atoms with Crippen molar-refractivity contribution >= 4 is 21.1 Å². The average Bonchev–Trinajstić information content (AvgIpc) is 3.17. The van der Waals surface area contributed by atoms with Crippen molar-refractivity contribution < 1.29 is 17.4 Å². The van der Waals surface area contributed by atoms with Crippen molar-refractivity contribution in [2.24, 2.45) is 0 Å². The predicted octanol–water partition coefficient (Wildman–Crippen LogP) is 1.82. The molecule has 0 amide bonds. The molecule has 27 heavy (non-hydrogen) atoms. The normalized spacial score (nSPS) is 12.7. The van der Waals surface area contributed by atoms with Gasteiger partial charge in [0.1, 0.15) is 0 Å². The van der Waals surface area contributed by atoms with Gasteiger partial charge in [-0.05, 0) is 19.1 Å². The summed E-state index contributed by atoms with van der Waals surface area (Å²) in [6.07, 6.45) is 0.294. The van der Waals surface area contributed by atoms with Crippen molar-refractivity contribution in [3.05, 3.63) is 40.5 Å². The van der Waals surface area contributed by atoms with Gasteiger partial charge in [-0.2, -0.15) is 4.98 Å². The molecule has 1 N–H and O–H groups in total. The van der Waals surface area contributed by atoms with E-state index in [1.807, 2.05) is 27.7 Å². The summed E-state index contributed by atoms with van der Waals surface area (Å²) in [6, 6.07) is 4.35. The first-order chi connectivity index (χ1) is 12.6. The van der Waals surface area contributed by atoms with E-state index in [9.17, 15) is 13.2 Å². The van der Waals surface area contributed by atoms with Gasteiger partial charge in [0.05, 0.1) is 10.4 Å². The SMILES string of the molecule is CCn1c(=O)oc2cc(S(=O)(=O)NCCc3noc(C(C)(C)C)n3)ccc21. The molecule has 0 spiro atoms. The zero-order valence-corrected chi connectivity index (χ0v) is 16.5. The second-order valence-corrected chi connectivity index (χ2v) is 8.92. The highest BCUT2D eigenvalue weighted by Crippen LogP contribution is 2.20. The van der Waals surface area contributed by atoms with Crippen molar-refractivity contribution in [3.63, 3.8) is 0 Å². The Hall–Kier alpha value is -2.46. The summed E-state index contributed by atoms with van der Waals surface area (Å²) in [5, 5.41) is 3.86. The summed E-state index contributed by atoms with van der Waals surface area (Å²) < 4.78 is 39.2. The molecule has 2 aromatic heterocycles. The minimum Gasteiger partial charge on any atom is -0.408 e. The Kier molecular flexibility index (Phi) is 4.96. The summed E-state index contributed by atoms with van der Waals surface area (Å²) in [5.74, 6) is 0.423. The largest absolute Gasteiger partial charge is 0.419 e. The number of nitrogens with zero attached hydrogens (tertiary/aromatic N) is 3. The standard InChI is InChI=1S/C17H22N4O5S/c1-5-21-12-7-6-11(10-13(12)25-16(21)22)27(23,24)18-9-8-14-19-15(26-20-14)17(2,3)4/h6-7,10,18H,5,8-9H2,1-4H3. The van der Waals surface area contributed by atoms with Gasteiger partial charge < -0.3 is 8.94 Å². The van der Waals surface area contributed by atoms with Crippen LogP contribution in [-0.4, -0.2) is 29.7 Å². The molecule has 0 atom stereocenters. The summed E-state index contributed by atoms with van der Waals surface area (Å²) >= 11 is 0. The fourth-order valence-corrected chi connectivity index (χ4v) is 3.60. The summed E-state index contributed by atoms with van der Waals surface area (Å²) in [6.45, 7) is 8.22. The molecule has 0 unspecified atom stereocenters. The van der Waals surface area contributed by atoms with E-state index in [0.29, 0.717) is 30.2 Å². The van der Waals surface area contributed by atoms with Crippen LogP contribution in [0, 0.1) is 0 Å².